The van der Waals surface area contributed by atoms with E-state index in [4.69, 9.17) is 0 Å². The Kier molecular flexibility index (Phi) is 5.36. The quantitative estimate of drug-likeness (QED) is 0.755. The van der Waals surface area contributed by atoms with Gasteiger partial charge in [-0.2, -0.15) is 0 Å². The predicted molar refractivity (Wildman–Crippen MR) is 93.9 cm³/mol. The molecular formula is C17H24N4O3S. The van der Waals surface area contributed by atoms with E-state index >= 15 is 0 Å². The van der Waals surface area contributed by atoms with Crippen molar-refractivity contribution in [1.29, 1.82) is 0 Å². The van der Waals surface area contributed by atoms with Crippen molar-refractivity contribution < 1.29 is 14.4 Å². The van der Waals surface area contributed by atoms with E-state index in [1.165, 1.54) is 0 Å². The first-order valence-corrected chi connectivity index (χ1v) is 9.60. The average Bonchev–Trinajstić information content (AvgIpc) is 3.17. The van der Waals surface area contributed by atoms with Gasteiger partial charge in [0.25, 0.3) is 0 Å². The van der Waals surface area contributed by atoms with Gasteiger partial charge in [-0.15, -0.1) is 11.3 Å². The molecule has 1 atom stereocenters. The zero-order valence-electron chi connectivity index (χ0n) is 14.7. The minimum atomic E-state index is -0.475. The lowest BCUT2D eigenvalue weighted by Crippen LogP contribution is -2.58. The van der Waals surface area contributed by atoms with Gasteiger partial charge >= 0.3 is 0 Å². The molecular weight excluding hydrogens is 340 g/mol. The summed E-state index contributed by atoms with van der Waals surface area (Å²) >= 11 is 1.54. The first kappa shape index (κ1) is 17.8. The summed E-state index contributed by atoms with van der Waals surface area (Å²) in [5.41, 5.74) is 0.830. The third-order valence-electron chi connectivity index (χ3n) is 4.81. The lowest BCUT2D eigenvalue weighted by molar-refractivity contribution is -0.155. The van der Waals surface area contributed by atoms with Crippen molar-refractivity contribution in [1.82, 2.24) is 19.7 Å². The fourth-order valence-corrected chi connectivity index (χ4v) is 4.01. The number of aryl methyl sites for hydroxylation is 1. The number of thiazole rings is 1. The van der Waals surface area contributed by atoms with Crippen LogP contribution >= 0.6 is 11.3 Å². The minimum Gasteiger partial charge on any atom is -0.343 e. The van der Waals surface area contributed by atoms with E-state index in [-0.39, 0.29) is 24.3 Å². The van der Waals surface area contributed by atoms with Crippen LogP contribution in [0.4, 0.5) is 0 Å². The molecule has 0 spiro atoms. The van der Waals surface area contributed by atoms with E-state index in [9.17, 15) is 14.4 Å². The lowest BCUT2D eigenvalue weighted by Gasteiger charge is -2.38. The largest absolute Gasteiger partial charge is 0.343 e. The first-order chi connectivity index (χ1) is 12.0. The normalized spacial score (nSPS) is 21.6. The molecule has 2 aliphatic heterocycles. The molecule has 0 aromatic carbocycles. The van der Waals surface area contributed by atoms with Crippen LogP contribution in [-0.4, -0.2) is 69.6 Å². The zero-order chi connectivity index (χ0) is 18.0. The van der Waals surface area contributed by atoms with E-state index in [0.717, 1.165) is 23.7 Å². The molecule has 0 saturated carbocycles. The van der Waals surface area contributed by atoms with Crippen molar-refractivity contribution >= 4 is 29.1 Å². The molecule has 0 aliphatic carbocycles. The number of likely N-dealkylation sites (tertiary alicyclic amines) is 1. The number of carbonyl (C=O) groups excluding carboxylic acids is 3. The van der Waals surface area contributed by atoms with Gasteiger partial charge in [0, 0.05) is 31.4 Å². The number of aromatic nitrogens is 1. The van der Waals surface area contributed by atoms with Gasteiger partial charge in [0.05, 0.1) is 23.8 Å². The third kappa shape index (κ3) is 4.00. The Hall–Kier alpha value is -1.96. The lowest BCUT2D eigenvalue weighted by atomic mass is 10.1. The second-order valence-corrected chi connectivity index (χ2v) is 7.72. The minimum absolute atomic E-state index is 0.0284. The van der Waals surface area contributed by atoms with Gasteiger partial charge in [-0.3, -0.25) is 14.4 Å². The molecule has 7 nitrogen and oxygen atoms in total. The van der Waals surface area contributed by atoms with Crippen LogP contribution in [0.3, 0.4) is 0 Å². The van der Waals surface area contributed by atoms with Gasteiger partial charge in [0.1, 0.15) is 6.04 Å². The molecule has 1 aromatic heterocycles. The summed E-state index contributed by atoms with van der Waals surface area (Å²) in [7, 11) is 0. The number of nitrogens with zero attached hydrogens (tertiary/aromatic N) is 4. The van der Waals surface area contributed by atoms with Crippen molar-refractivity contribution in [2.24, 2.45) is 0 Å². The van der Waals surface area contributed by atoms with Crippen molar-refractivity contribution in [2.75, 3.05) is 26.2 Å². The Bertz CT molecular complexity index is 675. The Labute approximate surface area is 151 Å². The van der Waals surface area contributed by atoms with Crippen molar-refractivity contribution in [3.8, 4) is 0 Å². The number of amides is 3. The number of hydrogen-bond acceptors (Lipinski definition) is 5. The summed E-state index contributed by atoms with van der Waals surface area (Å²) < 4.78 is 0. The first-order valence-electron chi connectivity index (χ1n) is 8.72. The van der Waals surface area contributed by atoms with Crippen LogP contribution in [0.15, 0.2) is 5.38 Å². The Morgan fingerprint density at radius 1 is 1.20 bits per heavy atom. The number of carbonyl (C=O) groups is 3. The molecule has 8 heteroatoms. The van der Waals surface area contributed by atoms with E-state index in [2.05, 4.69) is 4.98 Å². The maximum Gasteiger partial charge on any atom is 0.245 e. The predicted octanol–water partition coefficient (Wildman–Crippen LogP) is 1.02. The summed E-state index contributed by atoms with van der Waals surface area (Å²) in [6.45, 7) is 6.17. The maximum absolute atomic E-state index is 12.6. The highest BCUT2D eigenvalue weighted by Gasteiger charge is 2.36. The van der Waals surface area contributed by atoms with Gasteiger partial charge in [-0.25, -0.2) is 4.98 Å². The van der Waals surface area contributed by atoms with E-state index in [1.54, 1.807) is 28.1 Å². The van der Waals surface area contributed by atoms with Crippen LogP contribution in [0, 0.1) is 6.92 Å². The zero-order valence-corrected chi connectivity index (χ0v) is 15.5. The smallest absolute Gasteiger partial charge is 0.245 e. The van der Waals surface area contributed by atoms with Gasteiger partial charge in [0.2, 0.25) is 17.7 Å². The fourth-order valence-electron chi connectivity index (χ4n) is 3.41. The summed E-state index contributed by atoms with van der Waals surface area (Å²) in [6, 6.07) is -0.475. The SMILES string of the molecule is Cc1nc(CN2C(=O)CN(CCCN3CCCC3=O)C(=O)[C@@H]2C)cs1. The topological polar surface area (TPSA) is 73.8 Å². The van der Waals surface area contributed by atoms with Crippen molar-refractivity contribution in [3.05, 3.63) is 16.1 Å². The summed E-state index contributed by atoms with van der Waals surface area (Å²) in [5, 5.41) is 2.88. The fraction of sp³-hybridized carbons (Fsp3) is 0.647. The molecule has 3 rings (SSSR count). The number of hydrogen-bond donors (Lipinski definition) is 0. The van der Waals surface area contributed by atoms with Crippen LogP contribution in [0.25, 0.3) is 0 Å². The van der Waals surface area contributed by atoms with E-state index < -0.39 is 6.04 Å². The standard InChI is InChI=1S/C17H24N4O3S/c1-12-17(24)20(8-4-7-19-6-3-5-15(19)22)10-16(23)21(12)9-14-11-25-13(2)18-14/h11-12H,3-10H2,1-2H3/t12-/m0/s1. The second-order valence-electron chi connectivity index (χ2n) is 6.65. The van der Waals surface area contributed by atoms with Gasteiger partial charge in [0.15, 0.2) is 0 Å². The van der Waals surface area contributed by atoms with Crippen molar-refractivity contribution in [3.63, 3.8) is 0 Å². The molecule has 0 bridgehead atoms. The summed E-state index contributed by atoms with van der Waals surface area (Å²) in [4.78, 5) is 46.2. The monoisotopic (exact) mass is 364 g/mol. The molecule has 25 heavy (non-hydrogen) atoms. The molecule has 3 amide bonds. The summed E-state index contributed by atoms with van der Waals surface area (Å²) in [5.74, 6) is 0.119. The van der Waals surface area contributed by atoms with Gasteiger partial charge in [-0.1, -0.05) is 0 Å². The highest BCUT2D eigenvalue weighted by atomic mass is 32.1. The Morgan fingerprint density at radius 2 is 1.96 bits per heavy atom. The molecule has 0 unspecified atom stereocenters. The molecule has 0 N–H and O–H groups in total. The molecule has 2 aliphatic rings. The van der Waals surface area contributed by atoms with Crippen LogP contribution in [-0.2, 0) is 20.9 Å². The average molecular weight is 364 g/mol. The summed E-state index contributed by atoms with van der Waals surface area (Å²) in [6.07, 6.45) is 2.26. The second kappa shape index (κ2) is 7.51. The molecule has 2 fully saturated rings. The van der Waals surface area contributed by atoms with E-state index in [1.807, 2.05) is 17.2 Å². The highest BCUT2D eigenvalue weighted by Crippen LogP contribution is 2.18. The van der Waals surface area contributed by atoms with Crippen molar-refractivity contribution in [2.45, 2.75) is 45.7 Å². The Morgan fingerprint density at radius 3 is 2.60 bits per heavy atom. The number of piperazine rings is 1. The van der Waals surface area contributed by atoms with Crippen LogP contribution in [0.2, 0.25) is 0 Å². The van der Waals surface area contributed by atoms with E-state index in [0.29, 0.717) is 32.5 Å². The highest BCUT2D eigenvalue weighted by molar-refractivity contribution is 7.09. The molecule has 0 radical (unpaired) electrons. The molecule has 136 valence electrons. The van der Waals surface area contributed by atoms with Crippen LogP contribution < -0.4 is 0 Å². The van der Waals surface area contributed by atoms with Gasteiger partial charge in [-0.05, 0) is 26.7 Å². The van der Waals surface area contributed by atoms with Gasteiger partial charge < -0.3 is 14.7 Å². The Balaban J connectivity index is 1.53. The molecule has 1 aromatic rings. The maximum atomic E-state index is 12.6. The molecule has 2 saturated heterocycles. The number of rotatable bonds is 6. The molecule has 3 heterocycles. The third-order valence-corrected chi connectivity index (χ3v) is 5.63. The van der Waals surface area contributed by atoms with Crippen LogP contribution in [0.1, 0.15) is 36.9 Å². The van der Waals surface area contributed by atoms with Crippen LogP contribution in [0.5, 0.6) is 0 Å².